The van der Waals surface area contributed by atoms with Crippen LogP contribution in [0.5, 0.6) is 0 Å². The van der Waals surface area contributed by atoms with Gasteiger partial charge < -0.3 is 4.55 Å². The molecule has 0 saturated carbocycles. The van der Waals surface area contributed by atoms with Gasteiger partial charge in [0.1, 0.15) is 0 Å². The molecular weight excluding hydrogens is 166 g/mol. The van der Waals surface area contributed by atoms with Crippen LogP contribution >= 0.6 is 11.3 Å². The summed E-state index contributed by atoms with van der Waals surface area (Å²) < 4.78 is 11.6. The average Bonchev–Trinajstić information content (AvgIpc) is 2.33. The fourth-order valence-corrected chi connectivity index (χ4v) is 2.50. The van der Waals surface area contributed by atoms with E-state index in [2.05, 4.69) is 0 Å². The van der Waals surface area contributed by atoms with Gasteiger partial charge in [-0.15, -0.1) is 5.14 Å². The summed E-state index contributed by atoms with van der Waals surface area (Å²) >= 11 is 0.166. The maximum absolute atomic E-state index is 10.8. The van der Waals surface area contributed by atoms with Crippen LogP contribution < -0.4 is 5.14 Å². The van der Waals surface area contributed by atoms with Crippen LogP contribution in [0.1, 0.15) is 12.5 Å². The third-order valence-corrected chi connectivity index (χ3v) is 3.43. The molecule has 0 bridgehead atoms. The first-order valence-electron chi connectivity index (χ1n) is 2.98. The van der Waals surface area contributed by atoms with Crippen molar-refractivity contribution in [3.8, 4) is 0 Å². The maximum Gasteiger partial charge on any atom is 0.230 e. The Hall–Kier alpha value is -0.0300. The molecule has 0 fully saturated rings. The van der Waals surface area contributed by atoms with Crippen LogP contribution in [0.15, 0.2) is 15.7 Å². The summed E-state index contributed by atoms with van der Waals surface area (Å²) in [6.07, 6.45) is 0.905. The van der Waals surface area contributed by atoms with Gasteiger partial charge in [0.25, 0.3) is 0 Å². The Balaban J connectivity index is 2.90. The van der Waals surface area contributed by atoms with Crippen LogP contribution in [0.3, 0.4) is 0 Å². The Labute approximate surface area is 67.4 Å². The van der Waals surface area contributed by atoms with Crippen molar-refractivity contribution in [2.45, 2.75) is 17.6 Å². The Morgan fingerprint density at radius 2 is 2.50 bits per heavy atom. The quantitative estimate of drug-likeness (QED) is 0.689. The highest BCUT2D eigenvalue weighted by molar-refractivity contribution is 7.91. The highest BCUT2D eigenvalue weighted by Gasteiger charge is 2.12. The largest absolute Gasteiger partial charge is 0.592 e. The van der Waals surface area contributed by atoms with E-state index in [1.807, 2.05) is 18.4 Å². The van der Waals surface area contributed by atoms with Crippen molar-refractivity contribution in [2.75, 3.05) is 0 Å². The van der Waals surface area contributed by atoms with E-state index in [4.69, 9.17) is 5.14 Å². The SMILES string of the molecule is CCc1ccsc1[S@+](N)[O-]. The molecule has 10 heavy (non-hydrogen) atoms. The molecule has 1 atom stereocenters. The van der Waals surface area contributed by atoms with Gasteiger partial charge in [0.2, 0.25) is 4.21 Å². The molecule has 1 heterocycles. The minimum atomic E-state index is -1.29. The topological polar surface area (TPSA) is 49.1 Å². The van der Waals surface area contributed by atoms with Gasteiger partial charge in [0.05, 0.1) is 11.4 Å². The summed E-state index contributed by atoms with van der Waals surface area (Å²) in [7, 11) is 0. The molecule has 0 saturated heterocycles. The molecule has 0 unspecified atom stereocenters. The predicted octanol–water partition coefficient (Wildman–Crippen LogP) is 1.29. The van der Waals surface area contributed by atoms with Crippen LogP contribution in [0.4, 0.5) is 0 Å². The second-order valence-corrected chi connectivity index (χ2v) is 4.06. The second kappa shape index (κ2) is 3.39. The molecule has 56 valence electrons. The van der Waals surface area contributed by atoms with Crippen molar-refractivity contribution in [3.63, 3.8) is 0 Å². The number of rotatable bonds is 2. The smallest absolute Gasteiger partial charge is 0.230 e. The minimum Gasteiger partial charge on any atom is -0.592 e. The van der Waals surface area contributed by atoms with E-state index >= 15 is 0 Å². The highest BCUT2D eigenvalue weighted by atomic mass is 32.2. The third-order valence-electron chi connectivity index (χ3n) is 1.27. The van der Waals surface area contributed by atoms with Crippen LogP contribution in [0.2, 0.25) is 0 Å². The number of aryl methyl sites for hydroxylation is 1. The van der Waals surface area contributed by atoms with Gasteiger partial charge in [-0.1, -0.05) is 18.3 Å². The summed E-state index contributed by atoms with van der Waals surface area (Å²) in [5.41, 5.74) is 1.10. The zero-order valence-corrected chi connectivity index (χ0v) is 7.30. The van der Waals surface area contributed by atoms with E-state index < -0.39 is 11.4 Å². The van der Waals surface area contributed by atoms with Crippen LogP contribution in [-0.4, -0.2) is 4.55 Å². The lowest BCUT2D eigenvalue weighted by Crippen LogP contribution is -2.11. The number of thiophene rings is 1. The molecule has 1 rings (SSSR count). The fourth-order valence-electron chi connectivity index (χ4n) is 0.760. The molecule has 0 aliphatic rings. The normalized spacial score (nSPS) is 13.5. The molecule has 1 aromatic rings. The Morgan fingerprint density at radius 1 is 1.80 bits per heavy atom. The molecule has 0 spiro atoms. The van der Waals surface area contributed by atoms with Crippen molar-refractivity contribution in [2.24, 2.45) is 5.14 Å². The number of hydrogen-bond acceptors (Lipinski definition) is 3. The first-order valence-corrected chi connectivity index (χ1v) is 5.07. The molecule has 0 aromatic carbocycles. The Bertz CT molecular complexity index is 209. The standard InChI is InChI=1S/C6H9NOS2/c1-2-5-3-4-9-6(5)10(7)8/h3-4H,2,7H2,1H3/t10-/m1/s1. The van der Waals surface area contributed by atoms with Crippen molar-refractivity contribution >= 4 is 22.7 Å². The van der Waals surface area contributed by atoms with Gasteiger partial charge in [-0.3, -0.25) is 0 Å². The van der Waals surface area contributed by atoms with Crippen LogP contribution in [0, 0.1) is 0 Å². The lowest BCUT2D eigenvalue weighted by Gasteiger charge is -2.00. The first kappa shape index (κ1) is 8.07. The van der Waals surface area contributed by atoms with Crippen molar-refractivity contribution in [1.29, 1.82) is 0 Å². The summed E-state index contributed by atoms with van der Waals surface area (Å²) in [5.74, 6) is 0. The minimum absolute atomic E-state index is 0.808. The van der Waals surface area contributed by atoms with Gasteiger partial charge in [0, 0.05) is 5.56 Å². The summed E-state index contributed by atoms with van der Waals surface area (Å²) in [5, 5.41) is 7.13. The lowest BCUT2D eigenvalue weighted by atomic mass is 10.3. The maximum atomic E-state index is 10.8. The van der Waals surface area contributed by atoms with Crippen molar-refractivity contribution < 1.29 is 4.55 Å². The van der Waals surface area contributed by atoms with E-state index in [1.54, 1.807) is 0 Å². The molecular formula is C6H9NOS2. The van der Waals surface area contributed by atoms with Gasteiger partial charge >= 0.3 is 0 Å². The third kappa shape index (κ3) is 1.52. The van der Waals surface area contributed by atoms with Crippen LogP contribution in [-0.2, 0) is 17.8 Å². The zero-order chi connectivity index (χ0) is 7.56. The van der Waals surface area contributed by atoms with Gasteiger partial charge in [-0.25, -0.2) is 0 Å². The van der Waals surface area contributed by atoms with Gasteiger partial charge in [0.15, 0.2) is 0 Å². The monoisotopic (exact) mass is 175 g/mol. The molecule has 2 N–H and O–H groups in total. The summed E-state index contributed by atoms with van der Waals surface area (Å²) in [6.45, 7) is 2.03. The molecule has 2 nitrogen and oxygen atoms in total. The Morgan fingerprint density at radius 3 is 2.90 bits per heavy atom. The van der Waals surface area contributed by atoms with Crippen molar-refractivity contribution in [3.05, 3.63) is 17.0 Å². The van der Waals surface area contributed by atoms with Crippen LogP contribution in [0.25, 0.3) is 0 Å². The van der Waals surface area contributed by atoms with E-state index in [9.17, 15) is 4.55 Å². The Kier molecular flexibility index (Phi) is 2.73. The van der Waals surface area contributed by atoms with E-state index in [-0.39, 0.29) is 0 Å². The molecule has 1 aromatic heterocycles. The fraction of sp³-hybridized carbons (Fsp3) is 0.333. The lowest BCUT2D eigenvalue weighted by molar-refractivity contribution is 0.598. The first-order chi connectivity index (χ1) is 4.75. The predicted molar refractivity (Wildman–Crippen MR) is 44.3 cm³/mol. The van der Waals surface area contributed by atoms with Gasteiger partial charge in [-0.2, -0.15) is 0 Å². The molecule has 0 aliphatic heterocycles. The highest BCUT2D eigenvalue weighted by Crippen LogP contribution is 2.21. The molecule has 0 aliphatic carbocycles. The van der Waals surface area contributed by atoms with E-state index in [1.165, 1.54) is 11.3 Å². The summed E-state index contributed by atoms with van der Waals surface area (Å²) in [6, 6.07) is 1.96. The van der Waals surface area contributed by atoms with E-state index in [0.717, 1.165) is 16.2 Å². The zero-order valence-electron chi connectivity index (χ0n) is 5.66. The molecule has 4 heteroatoms. The summed E-state index contributed by atoms with van der Waals surface area (Å²) in [4.78, 5) is 0. The van der Waals surface area contributed by atoms with E-state index in [0.29, 0.717) is 0 Å². The average molecular weight is 175 g/mol. The van der Waals surface area contributed by atoms with Gasteiger partial charge in [-0.05, 0) is 17.9 Å². The second-order valence-electron chi connectivity index (χ2n) is 1.88. The number of hydrogen-bond donors (Lipinski definition) is 1. The number of nitrogens with two attached hydrogens (primary N) is 1. The molecule has 0 amide bonds. The van der Waals surface area contributed by atoms with Crippen molar-refractivity contribution in [1.82, 2.24) is 0 Å². The molecule has 0 radical (unpaired) electrons.